The van der Waals surface area contributed by atoms with Crippen molar-refractivity contribution >= 4 is 0 Å². The Balaban J connectivity index is 2.13. The highest BCUT2D eigenvalue weighted by molar-refractivity contribution is 5.06. The molecule has 0 saturated heterocycles. The van der Waals surface area contributed by atoms with Crippen LogP contribution in [0.4, 0.5) is 0 Å². The molecule has 0 aliphatic carbocycles. The van der Waals surface area contributed by atoms with E-state index < -0.39 is 0 Å². The summed E-state index contributed by atoms with van der Waals surface area (Å²) in [6.07, 6.45) is 6.63. The molecule has 1 aliphatic heterocycles. The van der Waals surface area contributed by atoms with E-state index in [2.05, 4.69) is 18.3 Å². The predicted octanol–water partition coefficient (Wildman–Crippen LogP) is 1.72. The van der Waals surface area contributed by atoms with Gasteiger partial charge in [-0.1, -0.05) is 19.4 Å². The van der Waals surface area contributed by atoms with E-state index >= 15 is 0 Å². The Kier molecular flexibility index (Phi) is 7.47. The van der Waals surface area contributed by atoms with Crippen LogP contribution in [0, 0.1) is 5.92 Å². The van der Waals surface area contributed by atoms with Crippen molar-refractivity contribution in [3.8, 4) is 0 Å². The van der Waals surface area contributed by atoms with Crippen molar-refractivity contribution in [2.75, 3.05) is 32.9 Å². The first-order valence-corrected chi connectivity index (χ1v) is 6.44. The van der Waals surface area contributed by atoms with Gasteiger partial charge in [0.15, 0.2) is 0 Å². The molecule has 1 unspecified atom stereocenters. The summed E-state index contributed by atoms with van der Waals surface area (Å²) in [4.78, 5) is 0. The van der Waals surface area contributed by atoms with Crippen molar-refractivity contribution in [3.63, 3.8) is 0 Å². The summed E-state index contributed by atoms with van der Waals surface area (Å²) >= 11 is 0. The maximum absolute atomic E-state index is 8.95. The van der Waals surface area contributed by atoms with Crippen LogP contribution in [0.1, 0.15) is 32.6 Å². The molecule has 0 aromatic rings. The van der Waals surface area contributed by atoms with E-state index in [1.807, 2.05) is 0 Å². The lowest BCUT2D eigenvalue weighted by molar-refractivity contribution is 0.148. The molecule has 0 aromatic heterocycles. The second-order valence-corrected chi connectivity index (χ2v) is 4.50. The number of nitrogens with one attached hydrogen (secondary N) is 1. The number of ether oxygens (including phenoxy) is 1. The minimum atomic E-state index is 0.304. The van der Waals surface area contributed by atoms with Crippen LogP contribution in [0.5, 0.6) is 0 Å². The van der Waals surface area contributed by atoms with Crippen LogP contribution < -0.4 is 5.32 Å². The van der Waals surface area contributed by atoms with E-state index in [1.165, 1.54) is 18.4 Å². The summed E-state index contributed by atoms with van der Waals surface area (Å²) in [5.41, 5.74) is 1.37. The highest BCUT2D eigenvalue weighted by Gasteiger charge is 2.08. The first-order chi connectivity index (χ1) is 7.86. The van der Waals surface area contributed by atoms with Crippen molar-refractivity contribution in [2.45, 2.75) is 32.6 Å². The zero-order valence-electron chi connectivity index (χ0n) is 10.4. The Morgan fingerprint density at radius 2 is 2.38 bits per heavy atom. The third kappa shape index (κ3) is 5.64. The monoisotopic (exact) mass is 227 g/mol. The van der Waals surface area contributed by atoms with Gasteiger partial charge in [-0.05, 0) is 37.3 Å². The first kappa shape index (κ1) is 13.7. The molecule has 0 radical (unpaired) electrons. The number of aliphatic hydroxyl groups is 1. The number of aliphatic hydroxyl groups excluding tert-OH is 1. The van der Waals surface area contributed by atoms with Gasteiger partial charge in [0.05, 0.1) is 13.2 Å². The smallest absolute Gasteiger partial charge is 0.0689 e. The van der Waals surface area contributed by atoms with E-state index in [0.29, 0.717) is 12.5 Å². The molecule has 0 saturated carbocycles. The molecule has 3 nitrogen and oxygen atoms in total. The second kappa shape index (κ2) is 8.74. The van der Waals surface area contributed by atoms with Gasteiger partial charge in [-0.2, -0.15) is 0 Å². The van der Waals surface area contributed by atoms with Crippen molar-refractivity contribution < 1.29 is 9.84 Å². The van der Waals surface area contributed by atoms with Crippen LogP contribution in [0.2, 0.25) is 0 Å². The third-order valence-corrected chi connectivity index (χ3v) is 3.00. The molecule has 2 N–H and O–H groups in total. The first-order valence-electron chi connectivity index (χ1n) is 6.44. The minimum absolute atomic E-state index is 0.304. The lowest BCUT2D eigenvalue weighted by Gasteiger charge is -2.18. The van der Waals surface area contributed by atoms with Gasteiger partial charge in [0.1, 0.15) is 0 Å². The fourth-order valence-corrected chi connectivity index (χ4v) is 2.11. The Morgan fingerprint density at radius 3 is 3.00 bits per heavy atom. The topological polar surface area (TPSA) is 41.5 Å². The molecule has 94 valence electrons. The normalized spacial score (nSPS) is 18.2. The SMILES string of the molecule is CCCC(CCO)CNCC1=CCCOC1. The fraction of sp³-hybridized carbons (Fsp3) is 0.846. The van der Waals surface area contributed by atoms with Crippen LogP contribution >= 0.6 is 0 Å². The third-order valence-electron chi connectivity index (χ3n) is 3.00. The Morgan fingerprint density at radius 1 is 1.50 bits per heavy atom. The number of hydrogen-bond acceptors (Lipinski definition) is 3. The molecule has 1 heterocycles. The lowest BCUT2D eigenvalue weighted by atomic mass is 10.00. The maximum Gasteiger partial charge on any atom is 0.0689 e. The summed E-state index contributed by atoms with van der Waals surface area (Å²) in [6, 6.07) is 0. The molecule has 0 fully saturated rings. The largest absolute Gasteiger partial charge is 0.396 e. The van der Waals surface area contributed by atoms with E-state index in [4.69, 9.17) is 9.84 Å². The van der Waals surface area contributed by atoms with Crippen LogP contribution in [-0.2, 0) is 4.74 Å². The standard InChI is InChI=1S/C13H25NO2/c1-2-4-12(6-7-15)9-14-10-13-5-3-8-16-11-13/h5,12,14-15H,2-4,6-11H2,1H3. The van der Waals surface area contributed by atoms with E-state index in [9.17, 15) is 0 Å². The van der Waals surface area contributed by atoms with Gasteiger partial charge in [0.2, 0.25) is 0 Å². The minimum Gasteiger partial charge on any atom is -0.396 e. The Labute approximate surface area is 98.9 Å². The zero-order chi connectivity index (χ0) is 11.6. The predicted molar refractivity (Wildman–Crippen MR) is 66.5 cm³/mol. The average Bonchev–Trinajstić information content (AvgIpc) is 2.31. The summed E-state index contributed by atoms with van der Waals surface area (Å²) in [6.45, 7) is 6.09. The molecule has 1 rings (SSSR count). The van der Waals surface area contributed by atoms with Gasteiger partial charge in [0, 0.05) is 13.2 Å². The van der Waals surface area contributed by atoms with Gasteiger partial charge < -0.3 is 15.2 Å². The van der Waals surface area contributed by atoms with E-state index in [-0.39, 0.29) is 0 Å². The lowest BCUT2D eigenvalue weighted by Crippen LogP contribution is -2.27. The zero-order valence-corrected chi connectivity index (χ0v) is 10.4. The van der Waals surface area contributed by atoms with Crippen molar-refractivity contribution in [1.82, 2.24) is 5.32 Å². The van der Waals surface area contributed by atoms with Crippen LogP contribution in [-0.4, -0.2) is 38.0 Å². The van der Waals surface area contributed by atoms with Crippen LogP contribution in [0.15, 0.2) is 11.6 Å². The van der Waals surface area contributed by atoms with Crippen LogP contribution in [0.3, 0.4) is 0 Å². The molecule has 0 spiro atoms. The maximum atomic E-state index is 8.95. The molecular weight excluding hydrogens is 202 g/mol. The Bertz CT molecular complexity index is 198. The van der Waals surface area contributed by atoms with E-state index in [0.717, 1.165) is 39.1 Å². The number of hydrogen-bond donors (Lipinski definition) is 2. The van der Waals surface area contributed by atoms with E-state index in [1.54, 1.807) is 0 Å². The second-order valence-electron chi connectivity index (χ2n) is 4.50. The molecule has 3 heteroatoms. The van der Waals surface area contributed by atoms with Crippen molar-refractivity contribution in [3.05, 3.63) is 11.6 Å². The molecule has 0 aromatic carbocycles. The fourth-order valence-electron chi connectivity index (χ4n) is 2.11. The molecule has 1 atom stereocenters. The highest BCUT2D eigenvalue weighted by Crippen LogP contribution is 2.10. The van der Waals surface area contributed by atoms with Gasteiger partial charge >= 0.3 is 0 Å². The Hall–Kier alpha value is -0.380. The quantitative estimate of drug-likeness (QED) is 0.620. The molecule has 0 bridgehead atoms. The molecule has 16 heavy (non-hydrogen) atoms. The summed E-state index contributed by atoms with van der Waals surface area (Å²) < 4.78 is 5.39. The summed E-state index contributed by atoms with van der Waals surface area (Å²) in [5.74, 6) is 0.611. The summed E-state index contributed by atoms with van der Waals surface area (Å²) in [5, 5.41) is 12.4. The highest BCUT2D eigenvalue weighted by atomic mass is 16.5. The van der Waals surface area contributed by atoms with Crippen molar-refractivity contribution in [1.29, 1.82) is 0 Å². The molecule has 1 aliphatic rings. The molecular formula is C13H25NO2. The van der Waals surface area contributed by atoms with Crippen molar-refractivity contribution in [2.24, 2.45) is 5.92 Å². The molecule has 0 amide bonds. The van der Waals surface area contributed by atoms with Gasteiger partial charge in [-0.3, -0.25) is 0 Å². The van der Waals surface area contributed by atoms with Gasteiger partial charge in [0.25, 0.3) is 0 Å². The van der Waals surface area contributed by atoms with Gasteiger partial charge in [-0.15, -0.1) is 0 Å². The average molecular weight is 227 g/mol. The van der Waals surface area contributed by atoms with Crippen LogP contribution in [0.25, 0.3) is 0 Å². The number of rotatable bonds is 8. The summed E-state index contributed by atoms with van der Waals surface area (Å²) in [7, 11) is 0. The van der Waals surface area contributed by atoms with Gasteiger partial charge in [-0.25, -0.2) is 0 Å².